The van der Waals surface area contributed by atoms with Crippen LogP contribution in [0.25, 0.3) is 0 Å². The van der Waals surface area contributed by atoms with Gasteiger partial charge < -0.3 is 15.8 Å². The van der Waals surface area contributed by atoms with Gasteiger partial charge in [0.25, 0.3) is 0 Å². The van der Waals surface area contributed by atoms with Crippen LogP contribution in [-0.4, -0.2) is 33.2 Å². The average Bonchev–Trinajstić information content (AvgIpc) is 2.58. The second-order valence-corrected chi connectivity index (χ2v) is 5.33. The summed E-state index contributed by atoms with van der Waals surface area (Å²) in [6.07, 6.45) is 1.04. The predicted octanol–water partition coefficient (Wildman–Crippen LogP) is 1.40. The van der Waals surface area contributed by atoms with E-state index in [2.05, 4.69) is 22.2 Å². The van der Waals surface area contributed by atoms with Crippen LogP contribution in [0.5, 0.6) is 0 Å². The van der Waals surface area contributed by atoms with Crippen LogP contribution in [0, 0.1) is 6.92 Å². The average molecular weight is 266 g/mol. The maximum Gasteiger partial charge on any atom is 0.224 e. The summed E-state index contributed by atoms with van der Waals surface area (Å²) in [6, 6.07) is 1.78. The van der Waals surface area contributed by atoms with Crippen molar-refractivity contribution >= 4 is 23.2 Å². The molecule has 0 saturated carbocycles. The van der Waals surface area contributed by atoms with Gasteiger partial charge in [0.2, 0.25) is 5.95 Å². The van der Waals surface area contributed by atoms with Crippen molar-refractivity contribution in [1.82, 2.24) is 9.97 Å². The molecule has 0 spiro atoms. The van der Waals surface area contributed by atoms with E-state index in [9.17, 15) is 0 Å². The second kappa shape index (κ2) is 4.78. The van der Waals surface area contributed by atoms with Gasteiger partial charge in [-0.05, 0) is 33.3 Å². The fraction of sp³-hybridized carbons (Fsp3) is 0.583. The molecule has 1 aromatic heterocycles. The quantitative estimate of drug-likeness (QED) is 0.806. The highest BCUT2D eigenvalue weighted by Gasteiger charge is 2.37. The second-order valence-electron chi connectivity index (χ2n) is 4.89. The smallest absolute Gasteiger partial charge is 0.224 e. The van der Waals surface area contributed by atoms with Crippen LogP contribution in [-0.2, 0) is 4.74 Å². The molecule has 3 N–H and O–H groups in total. The van der Waals surface area contributed by atoms with Crippen LogP contribution in [0.2, 0.25) is 0 Å². The minimum atomic E-state index is -0.152. The number of ether oxygens (including phenoxy) is 1. The first-order valence-corrected chi connectivity index (χ1v) is 6.37. The Morgan fingerprint density at radius 1 is 1.61 bits per heavy atom. The standard InChI is InChI=1S/C12H18N4OS/c1-7-6-9(10(13)18)15-11(14-7)16-12(3)4-5-17-8(12)2/h6,8H,4-5H2,1-3H3,(H2,13,18)(H,14,15,16). The molecule has 1 saturated heterocycles. The molecule has 0 aromatic carbocycles. The van der Waals surface area contributed by atoms with E-state index in [0.29, 0.717) is 11.6 Å². The Balaban J connectivity index is 2.26. The molecule has 1 aliphatic heterocycles. The van der Waals surface area contributed by atoms with Crippen LogP contribution in [0.1, 0.15) is 31.7 Å². The molecule has 18 heavy (non-hydrogen) atoms. The van der Waals surface area contributed by atoms with E-state index in [0.717, 1.165) is 18.7 Å². The molecule has 98 valence electrons. The minimum Gasteiger partial charge on any atom is -0.388 e. The van der Waals surface area contributed by atoms with Gasteiger partial charge in [-0.15, -0.1) is 0 Å². The Bertz CT molecular complexity index is 479. The van der Waals surface area contributed by atoms with Gasteiger partial charge in [-0.1, -0.05) is 12.2 Å². The third-order valence-electron chi connectivity index (χ3n) is 3.39. The molecular formula is C12H18N4OS. The van der Waals surface area contributed by atoms with Crippen molar-refractivity contribution < 1.29 is 4.74 Å². The number of aryl methyl sites for hydroxylation is 1. The lowest BCUT2D eigenvalue weighted by molar-refractivity contribution is 0.105. The van der Waals surface area contributed by atoms with Crippen LogP contribution < -0.4 is 11.1 Å². The molecule has 0 bridgehead atoms. The number of rotatable bonds is 3. The van der Waals surface area contributed by atoms with E-state index in [4.69, 9.17) is 22.7 Å². The normalized spacial score (nSPS) is 27.2. The number of thiocarbonyl (C=S) groups is 1. The third kappa shape index (κ3) is 2.59. The number of nitrogens with zero attached hydrogens (tertiary/aromatic N) is 2. The first-order valence-electron chi connectivity index (χ1n) is 5.96. The van der Waals surface area contributed by atoms with E-state index >= 15 is 0 Å². The first kappa shape index (κ1) is 13.2. The van der Waals surface area contributed by atoms with Crippen LogP contribution in [0.15, 0.2) is 6.07 Å². The lowest BCUT2D eigenvalue weighted by Gasteiger charge is -2.29. The summed E-state index contributed by atoms with van der Waals surface area (Å²) in [5.41, 5.74) is 6.89. The molecule has 2 atom stereocenters. The van der Waals surface area contributed by atoms with Gasteiger partial charge in [0, 0.05) is 12.3 Å². The lowest BCUT2D eigenvalue weighted by Crippen LogP contribution is -2.42. The molecule has 1 aromatic rings. The first-order chi connectivity index (χ1) is 8.40. The van der Waals surface area contributed by atoms with Crippen molar-refractivity contribution in [3.8, 4) is 0 Å². The number of hydrogen-bond donors (Lipinski definition) is 2. The maximum absolute atomic E-state index is 5.61. The number of nitrogens with two attached hydrogens (primary N) is 1. The molecule has 0 radical (unpaired) electrons. The van der Waals surface area contributed by atoms with Crippen LogP contribution in [0.4, 0.5) is 5.95 Å². The van der Waals surface area contributed by atoms with E-state index in [1.807, 2.05) is 13.8 Å². The van der Waals surface area contributed by atoms with Crippen LogP contribution in [0.3, 0.4) is 0 Å². The maximum atomic E-state index is 5.61. The summed E-state index contributed by atoms with van der Waals surface area (Å²) < 4.78 is 5.58. The summed E-state index contributed by atoms with van der Waals surface area (Å²) in [7, 11) is 0. The zero-order chi connectivity index (χ0) is 13.3. The molecule has 0 amide bonds. The zero-order valence-corrected chi connectivity index (χ0v) is 11.7. The predicted molar refractivity (Wildman–Crippen MR) is 74.7 cm³/mol. The SMILES string of the molecule is Cc1cc(C(N)=S)nc(NC2(C)CCOC2C)n1. The van der Waals surface area contributed by atoms with Crippen molar-refractivity contribution in [3.63, 3.8) is 0 Å². The number of aromatic nitrogens is 2. The Morgan fingerprint density at radius 3 is 2.89 bits per heavy atom. The van der Waals surface area contributed by atoms with Crippen molar-refractivity contribution in [1.29, 1.82) is 0 Å². The molecule has 1 aliphatic rings. The zero-order valence-electron chi connectivity index (χ0n) is 10.9. The van der Waals surface area contributed by atoms with E-state index < -0.39 is 0 Å². The number of nitrogens with one attached hydrogen (secondary N) is 1. The fourth-order valence-corrected chi connectivity index (χ4v) is 2.11. The van der Waals surface area contributed by atoms with Gasteiger partial charge in [0.05, 0.1) is 11.6 Å². The largest absolute Gasteiger partial charge is 0.388 e. The van der Waals surface area contributed by atoms with E-state index in [1.165, 1.54) is 0 Å². The summed E-state index contributed by atoms with van der Waals surface area (Å²) >= 11 is 4.95. The van der Waals surface area contributed by atoms with E-state index in [1.54, 1.807) is 6.07 Å². The monoisotopic (exact) mass is 266 g/mol. The molecule has 6 heteroatoms. The lowest BCUT2D eigenvalue weighted by atomic mass is 9.95. The number of hydrogen-bond acceptors (Lipinski definition) is 5. The topological polar surface area (TPSA) is 73.1 Å². The molecule has 2 rings (SSSR count). The Labute approximate surface area is 112 Å². The van der Waals surface area contributed by atoms with Crippen LogP contribution >= 0.6 is 12.2 Å². The van der Waals surface area contributed by atoms with Gasteiger partial charge in [0.1, 0.15) is 10.7 Å². The van der Waals surface area contributed by atoms with Gasteiger partial charge in [-0.2, -0.15) is 0 Å². The van der Waals surface area contributed by atoms with Crippen molar-refractivity contribution in [2.75, 3.05) is 11.9 Å². The molecule has 2 unspecified atom stereocenters. The summed E-state index contributed by atoms with van der Waals surface area (Å²) in [4.78, 5) is 8.98. The molecule has 2 heterocycles. The Hall–Kier alpha value is -1.27. The Kier molecular flexibility index (Phi) is 3.49. The fourth-order valence-electron chi connectivity index (χ4n) is 2.01. The van der Waals surface area contributed by atoms with Gasteiger partial charge in [0.15, 0.2) is 0 Å². The summed E-state index contributed by atoms with van der Waals surface area (Å²) in [5, 5.41) is 3.34. The Morgan fingerprint density at radius 2 is 2.33 bits per heavy atom. The van der Waals surface area contributed by atoms with Gasteiger partial charge in [-0.3, -0.25) is 0 Å². The van der Waals surface area contributed by atoms with Crippen molar-refractivity contribution in [2.24, 2.45) is 5.73 Å². The van der Waals surface area contributed by atoms with Crippen molar-refractivity contribution in [2.45, 2.75) is 38.8 Å². The minimum absolute atomic E-state index is 0.120. The highest BCUT2D eigenvalue weighted by Crippen LogP contribution is 2.28. The highest BCUT2D eigenvalue weighted by molar-refractivity contribution is 7.80. The summed E-state index contributed by atoms with van der Waals surface area (Å²) in [5.74, 6) is 0.553. The molecular weight excluding hydrogens is 248 g/mol. The van der Waals surface area contributed by atoms with Gasteiger partial charge >= 0.3 is 0 Å². The molecule has 0 aliphatic carbocycles. The third-order valence-corrected chi connectivity index (χ3v) is 3.60. The summed E-state index contributed by atoms with van der Waals surface area (Å²) in [6.45, 7) is 6.80. The molecule has 1 fully saturated rings. The van der Waals surface area contributed by atoms with E-state index in [-0.39, 0.29) is 16.6 Å². The number of anilines is 1. The van der Waals surface area contributed by atoms with Crippen molar-refractivity contribution in [3.05, 3.63) is 17.5 Å². The highest BCUT2D eigenvalue weighted by atomic mass is 32.1. The molecule has 5 nitrogen and oxygen atoms in total. The van der Waals surface area contributed by atoms with Gasteiger partial charge in [-0.25, -0.2) is 9.97 Å².